The summed E-state index contributed by atoms with van der Waals surface area (Å²) in [5.74, 6) is 1.51. The third-order valence-corrected chi connectivity index (χ3v) is 4.47. The minimum Gasteiger partial charge on any atom is -0.341 e. The Morgan fingerprint density at radius 2 is 2.24 bits per heavy atom. The molecule has 0 heterocycles. The zero-order valence-electron chi connectivity index (χ0n) is 9.91. The maximum absolute atomic E-state index is 12.3. The van der Waals surface area contributed by atoms with Crippen molar-refractivity contribution in [1.82, 2.24) is 4.90 Å². The van der Waals surface area contributed by atoms with Crippen molar-refractivity contribution in [3.63, 3.8) is 0 Å². The molecule has 17 heavy (non-hydrogen) atoms. The minimum atomic E-state index is 0.0657. The lowest BCUT2D eigenvalue weighted by Crippen LogP contribution is -2.29. The lowest BCUT2D eigenvalue weighted by Gasteiger charge is -2.18. The van der Waals surface area contributed by atoms with Crippen molar-refractivity contribution in [2.75, 3.05) is 13.6 Å². The first kappa shape index (κ1) is 13.1. The summed E-state index contributed by atoms with van der Waals surface area (Å²) in [6, 6.07) is 5.44. The lowest BCUT2D eigenvalue weighted by atomic mass is 10.2. The highest BCUT2D eigenvalue weighted by Crippen LogP contribution is 2.38. The third-order valence-electron chi connectivity index (χ3n) is 3.29. The summed E-state index contributed by atoms with van der Waals surface area (Å²) in [5.41, 5.74) is 0.703. The first-order valence-electron chi connectivity index (χ1n) is 5.69. The van der Waals surface area contributed by atoms with Gasteiger partial charge in [0.2, 0.25) is 0 Å². The smallest absolute Gasteiger partial charge is 0.254 e. The number of rotatable bonds is 3. The van der Waals surface area contributed by atoms with Crippen LogP contribution in [-0.4, -0.2) is 24.4 Å². The molecule has 0 radical (unpaired) electrons. The first-order chi connectivity index (χ1) is 7.99. The van der Waals surface area contributed by atoms with Crippen LogP contribution in [0.4, 0.5) is 0 Å². The highest BCUT2D eigenvalue weighted by Gasteiger charge is 2.34. The number of amides is 1. The second-order valence-corrected chi connectivity index (χ2v) is 6.38. The molecule has 1 fully saturated rings. The van der Waals surface area contributed by atoms with Gasteiger partial charge in [-0.05, 0) is 59.0 Å². The highest BCUT2D eigenvalue weighted by atomic mass is 127. The summed E-state index contributed by atoms with van der Waals surface area (Å²) in [6.45, 7) is 3.08. The van der Waals surface area contributed by atoms with Crippen molar-refractivity contribution in [3.05, 3.63) is 32.4 Å². The van der Waals surface area contributed by atoms with E-state index in [0.29, 0.717) is 16.5 Å². The van der Waals surface area contributed by atoms with Crippen molar-refractivity contribution < 1.29 is 4.79 Å². The van der Waals surface area contributed by atoms with Crippen LogP contribution in [0.3, 0.4) is 0 Å². The molecule has 0 aromatic heterocycles. The fourth-order valence-corrected chi connectivity index (χ4v) is 2.69. The van der Waals surface area contributed by atoms with Crippen molar-refractivity contribution in [3.8, 4) is 0 Å². The van der Waals surface area contributed by atoms with Crippen LogP contribution in [0.25, 0.3) is 0 Å². The quantitative estimate of drug-likeness (QED) is 0.750. The van der Waals surface area contributed by atoms with E-state index >= 15 is 0 Å². The summed E-state index contributed by atoms with van der Waals surface area (Å²) in [7, 11) is 1.87. The van der Waals surface area contributed by atoms with Gasteiger partial charge in [-0.3, -0.25) is 4.79 Å². The fraction of sp³-hybridized carbons (Fsp3) is 0.462. The van der Waals surface area contributed by atoms with Gasteiger partial charge >= 0.3 is 0 Å². The van der Waals surface area contributed by atoms with E-state index in [2.05, 4.69) is 29.5 Å². The van der Waals surface area contributed by atoms with E-state index in [1.165, 1.54) is 6.42 Å². The second kappa shape index (κ2) is 5.14. The van der Waals surface area contributed by atoms with Crippen LogP contribution in [0.15, 0.2) is 18.2 Å². The van der Waals surface area contributed by atoms with E-state index in [1.54, 1.807) is 6.07 Å². The van der Waals surface area contributed by atoms with Gasteiger partial charge in [-0.25, -0.2) is 0 Å². The Bertz CT molecular complexity index is 449. The van der Waals surface area contributed by atoms with Crippen LogP contribution in [0, 0.1) is 15.4 Å². The van der Waals surface area contributed by atoms with Gasteiger partial charge in [0.1, 0.15) is 0 Å². The fourth-order valence-electron chi connectivity index (χ4n) is 1.96. The number of benzene rings is 1. The molecule has 1 amide bonds. The van der Waals surface area contributed by atoms with Crippen LogP contribution in [0.5, 0.6) is 0 Å². The molecule has 0 N–H and O–H groups in total. The van der Waals surface area contributed by atoms with Gasteiger partial charge in [-0.1, -0.05) is 18.5 Å². The number of nitrogens with zero attached hydrogens (tertiary/aromatic N) is 1. The number of halogens is 2. The Balaban J connectivity index is 2.10. The molecule has 2 unspecified atom stereocenters. The maximum Gasteiger partial charge on any atom is 0.254 e. The molecule has 92 valence electrons. The largest absolute Gasteiger partial charge is 0.341 e. The molecule has 1 aliphatic rings. The Kier molecular flexibility index (Phi) is 3.98. The summed E-state index contributed by atoms with van der Waals surface area (Å²) >= 11 is 8.11. The van der Waals surface area contributed by atoms with E-state index in [9.17, 15) is 4.79 Å². The molecule has 1 aromatic rings. The topological polar surface area (TPSA) is 20.3 Å². The van der Waals surface area contributed by atoms with Crippen LogP contribution < -0.4 is 0 Å². The van der Waals surface area contributed by atoms with Gasteiger partial charge in [0, 0.05) is 22.2 Å². The van der Waals surface area contributed by atoms with E-state index in [0.717, 1.165) is 16.0 Å². The van der Waals surface area contributed by atoms with Crippen LogP contribution >= 0.6 is 34.2 Å². The van der Waals surface area contributed by atoms with Gasteiger partial charge in [0.05, 0.1) is 5.56 Å². The molecule has 2 atom stereocenters. The SMILES string of the molecule is CC1CC1CN(C)C(=O)c1cc(Cl)ccc1I. The number of hydrogen-bond donors (Lipinski definition) is 0. The monoisotopic (exact) mass is 363 g/mol. The van der Waals surface area contributed by atoms with Crippen LogP contribution in [0.1, 0.15) is 23.7 Å². The van der Waals surface area contributed by atoms with Gasteiger partial charge < -0.3 is 4.90 Å². The molecular formula is C13H15ClINO. The Morgan fingerprint density at radius 1 is 1.59 bits per heavy atom. The third kappa shape index (κ3) is 3.13. The van der Waals surface area contributed by atoms with E-state index in [1.807, 2.05) is 24.1 Å². The average Bonchev–Trinajstić information content (AvgIpc) is 2.96. The second-order valence-electron chi connectivity index (χ2n) is 4.78. The van der Waals surface area contributed by atoms with E-state index in [-0.39, 0.29) is 5.91 Å². The minimum absolute atomic E-state index is 0.0657. The summed E-state index contributed by atoms with van der Waals surface area (Å²) < 4.78 is 0.952. The molecule has 0 aliphatic heterocycles. The van der Waals surface area contributed by atoms with Crippen LogP contribution in [0.2, 0.25) is 5.02 Å². The Labute approximate surface area is 120 Å². The van der Waals surface area contributed by atoms with E-state index in [4.69, 9.17) is 11.6 Å². The molecule has 1 saturated carbocycles. The standard InChI is InChI=1S/C13H15ClINO/c1-8-5-9(8)7-16(2)13(17)11-6-10(14)3-4-12(11)15/h3-4,6,8-9H,5,7H2,1-2H3. The molecule has 1 aliphatic carbocycles. The van der Waals surface area contributed by atoms with Crippen molar-refractivity contribution in [2.24, 2.45) is 11.8 Å². The molecular weight excluding hydrogens is 349 g/mol. The van der Waals surface area contributed by atoms with Crippen molar-refractivity contribution in [2.45, 2.75) is 13.3 Å². The highest BCUT2D eigenvalue weighted by molar-refractivity contribution is 14.1. The number of carbonyl (C=O) groups is 1. The van der Waals surface area contributed by atoms with Gasteiger partial charge in [0.25, 0.3) is 5.91 Å². The predicted molar refractivity (Wildman–Crippen MR) is 78.4 cm³/mol. The zero-order valence-corrected chi connectivity index (χ0v) is 12.8. The molecule has 0 spiro atoms. The van der Waals surface area contributed by atoms with E-state index < -0.39 is 0 Å². The molecule has 0 bridgehead atoms. The van der Waals surface area contributed by atoms with Crippen molar-refractivity contribution >= 4 is 40.1 Å². The van der Waals surface area contributed by atoms with Crippen LogP contribution in [-0.2, 0) is 0 Å². The number of hydrogen-bond acceptors (Lipinski definition) is 1. The first-order valence-corrected chi connectivity index (χ1v) is 7.15. The molecule has 2 nitrogen and oxygen atoms in total. The Morgan fingerprint density at radius 3 is 2.82 bits per heavy atom. The Hall–Kier alpha value is -0.290. The predicted octanol–water partition coefficient (Wildman–Crippen LogP) is 3.67. The summed E-state index contributed by atoms with van der Waals surface area (Å²) in [6.07, 6.45) is 1.24. The normalized spacial score (nSPS) is 22.4. The molecule has 1 aromatic carbocycles. The maximum atomic E-state index is 12.3. The molecule has 4 heteroatoms. The number of carbonyl (C=O) groups excluding carboxylic acids is 1. The zero-order chi connectivity index (χ0) is 12.6. The van der Waals surface area contributed by atoms with Gasteiger partial charge in [-0.15, -0.1) is 0 Å². The molecule has 0 saturated heterocycles. The molecule has 2 rings (SSSR count). The summed E-state index contributed by atoms with van der Waals surface area (Å²) in [5, 5.41) is 0.613. The van der Waals surface area contributed by atoms with Gasteiger partial charge in [0.15, 0.2) is 0 Å². The lowest BCUT2D eigenvalue weighted by molar-refractivity contribution is 0.0786. The van der Waals surface area contributed by atoms with Crippen molar-refractivity contribution in [1.29, 1.82) is 0 Å². The average molecular weight is 364 g/mol. The van der Waals surface area contributed by atoms with Gasteiger partial charge in [-0.2, -0.15) is 0 Å². The summed E-state index contributed by atoms with van der Waals surface area (Å²) in [4.78, 5) is 14.1.